The summed E-state index contributed by atoms with van der Waals surface area (Å²) in [4.78, 5) is 4.37. The summed E-state index contributed by atoms with van der Waals surface area (Å²) in [6.45, 7) is 6.06. The molecule has 0 saturated heterocycles. The van der Waals surface area contributed by atoms with Crippen LogP contribution >= 0.6 is 0 Å². The minimum absolute atomic E-state index is 0.0546. The van der Waals surface area contributed by atoms with Gasteiger partial charge in [0.1, 0.15) is 0 Å². The second kappa shape index (κ2) is 22.0. The minimum Gasteiger partial charge on any atom is -0.252 e. The Morgan fingerprint density at radius 1 is 0.600 bits per heavy atom. The summed E-state index contributed by atoms with van der Waals surface area (Å²) in [6, 6.07) is 0. The van der Waals surface area contributed by atoms with E-state index in [-0.39, 0.29) is 6.10 Å². The Labute approximate surface area is 159 Å². The van der Waals surface area contributed by atoms with E-state index >= 15 is 0 Å². The first-order valence-corrected chi connectivity index (χ1v) is 11.4. The van der Waals surface area contributed by atoms with Crippen molar-refractivity contribution >= 4 is 0 Å². The summed E-state index contributed by atoms with van der Waals surface area (Å²) < 4.78 is 0. The normalized spacial score (nSPS) is 12.6. The van der Waals surface area contributed by atoms with E-state index in [1.165, 1.54) is 109 Å². The zero-order valence-corrected chi connectivity index (χ0v) is 17.3. The maximum absolute atomic E-state index is 8.63. The SMILES string of the molecule is [CH2]CC(CCCCCCCCCCCCCCCCCCCC)OO. The third-order valence-electron chi connectivity index (χ3n) is 5.35. The molecule has 0 aromatic carbocycles. The average Bonchev–Trinajstić information content (AvgIpc) is 2.64. The molecule has 25 heavy (non-hydrogen) atoms. The zero-order chi connectivity index (χ0) is 18.4. The molecule has 2 heteroatoms. The summed E-state index contributed by atoms with van der Waals surface area (Å²) in [5, 5.41) is 8.63. The van der Waals surface area contributed by atoms with Gasteiger partial charge in [-0.15, -0.1) is 0 Å². The fourth-order valence-electron chi connectivity index (χ4n) is 3.52. The van der Waals surface area contributed by atoms with Crippen LogP contribution in [-0.4, -0.2) is 11.4 Å². The topological polar surface area (TPSA) is 29.5 Å². The molecule has 1 N–H and O–H groups in total. The molecule has 0 aromatic rings. The van der Waals surface area contributed by atoms with Crippen LogP contribution in [0.25, 0.3) is 0 Å². The third kappa shape index (κ3) is 20.1. The van der Waals surface area contributed by atoms with Crippen LogP contribution in [0.3, 0.4) is 0 Å². The van der Waals surface area contributed by atoms with Crippen molar-refractivity contribution in [3.63, 3.8) is 0 Å². The predicted molar refractivity (Wildman–Crippen MR) is 111 cm³/mol. The van der Waals surface area contributed by atoms with E-state index in [1.54, 1.807) is 0 Å². The van der Waals surface area contributed by atoms with E-state index in [4.69, 9.17) is 5.26 Å². The number of unbranched alkanes of at least 4 members (excludes halogenated alkanes) is 17. The summed E-state index contributed by atoms with van der Waals surface area (Å²) >= 11 is 0. The van der Waals surface area contributed by atoms with Crippen molar-refractivity contribution in [1.29, 1.82) is 0 Å². The van der Waals surface area contributed by atoms with Crippen LogP contribution in [0.1, 0.15) is 135 Å². The molecule has 0 aliphatic heterocycles. The highest BCUT2D eigenvalue weighted by atomic mass is 17.1. The molecule has 0 spiro atoms. The van der Waals surface area contributed by atoms with Crippen molar-refractivity contribution in [2.24, 2.45) is 0 Å². The van der Waals surface area contributed by atoms with Gasteiger partial charge in [-0.25, -0.2) is 4.89 Å². The first-order chi connectivity index (χ1) is 12.3. The molecule has 0 heterocycles. The lowest BCUT2D eigenvalue weighted by Crippen LogP contribution is -2.08. The number of rotatable bonds is 21. The number of hydrogen-bond donors (Lipinski definition) is 1. The second-order valence-corrected chi connectivity index (χ2v) is 7.82. The van der Waals surface area contributed by atoms with Crippen LogP contribution in [0.15, 0.2) is 0 Å². The molecular weight excluding hydrogens is 308 g/mol. The molecule has 0 amide bonds. The Balaban J connectivity index is 3.03. The van der Waals surface area contributed by atoms with E-state index < -0.39 is 0 Å². The molecule has 0 saturated carbocycles. The van der Waals surface area contributed by atoms with Crippen LogP contribution in [-0.2, 0) is 4.89 Å². The standard InChI is InChI=1S/C23H47O2/c1-3-5-6-7-8-9-10-11-12-13-14-15-16-17-18-19-20-21-22-23(4-2)25-24/h23-24H,2-22H2,1H3. The zero-order valence-electron chi connectivity index (χ0n) is 17.3. The maximum atomic E-state index is 8.63. The van der Waals surface area contributed by atoms with Gasteiger partial charge in [0.2, 0.25) is 0 Å². The van der Waals surface area contributed by atoms with E-state index in [9.17, 15) is 0 Å². The lowest BCUT2D eigenvalue weighted by Gasteiger charge is -2.09. The summed E-state index contributed by atoms with van der Waals surface area (Å²) in [5.74, 6) is 0. The predicted octanol–water partition coefficient (Wildman–Crippen LogP) is 8.50. The summed E-state index contributed by atoms with van der Waals surface area (Å²) in [5.41, 5.74) is 0. The van der Waals surface area contributed by atoms with E-state index in [0.717, 1.165) is 12.8 Å². The maximum Gasteiger partial charge on any atom is 0.0927 e. The van der Waals surface area contributed by atoms with Gasteiger partial charge >= 0.3 is 0 Å². The van der Waals surface area contributed by atoms with Crippen LogP contribution in [0.2, 0.25) is 0 Å². The fraction of sp³-hybridized carbons (Fsp3) is 0.957. The van der Waals surface area contributed by atoms with Crippen LogP contribution in [0.4, 0.5) is 0 Å². The Morgan fingerprint density at radius 3 is 1.20 bits per heavy atom. The molecule has 1 atom stereocenters. The number of hydrogen-bond acceptors (Lipinski definition) is 2. The minimum atomic E-state index is -0.0546. The fourth-order valence-corrected chi connectivity index (χ4v) is 3.52. The van der Waals surface area contributed by atoms with Gasteiger partial charge in [-0.2, -0.15) is 0 Å². The Hall–Kier alpha value is -0.0800. The first-order valence-electron chi connectivity index (χ1n) is 11.4. The van der Waals surface area contributed by atoms with Crippen LogP contribution in [0, 0.1) is 6.92 Å². The van der Waals surface area contributed by atoms with Gasteiger partial charge in [0, 0.05) is 0 Å². The molecule has 0 aliphatic rings. The van der Waals surface area contributed by atoms with Gasteiger partial charge in [0.05, 0.1) is 6.10 Å². The van der Waals surface area contributed by atoms with Gasteiger partial charge in [-0.3, -0.25) is 5.26 Å². The highest BCUT2D eigenvalue weighted by Gasteiger charge is 2.04. The van der Waals surface area contributed by atoms with Crippen molar-refractivity contribution in [2.75, 3.05) is 0 Å². The van der Waals surface area contributed by atoms with Gasteiger partial charge in [-0.1, -0.05) is 129 Å². The molecule has 1 unspecified atom stereocenters. The quantitative estimate of drug-likeness (QED) is 0.127. The van der Waals surface area contributed by atoms with Crippen molar-refractivity contribution in [2.45, 2.75) is 141 Å². The van der Waals surface area contributed by atoms with E-state index in [1.807, 2.05) is 0 Å². The van der Waals surface area contributed by atoms with Crippen molar-refractivity contribution in [1.82, 2.24) is 0 Å². The van der Waals surface area contributed by atoms with Gasteiger partial charge in [0.15, 0.2) is 0 Å². The Morgan fingerprint density at radius 2 is 0.920 bits per heavy atom. The van der Waals surface area contributed by atoms with Crippen LogP contribution < -0.4 is 0 Å². The highest BCUT2D eigenvalue weighted by Crippen LogP contribution is 2.15. The summed E-state index contributed by atoms with van der Waals surface area (Å²) in [7, 11) is 0. The molecular formula is C23H47O2. The highest BCUT2D eigenvalue weighted by molar-refractivity contribution is 4.58. The van der Waals surface area contributed by atoms with E-state index in [0.29, 0.717) is 6.42 Å². The van der Waals surface area contributed by atoms with Crippen molar-refractivity contribution < 1.29 is 10.1 Å². The van der Waals surface area contributed by atoms with Crippen molar-refractivity contribution in [3.8, 4) is 0 Å². The lowest BCUT2D eigenvalue weighted by molar-refractivity contribution is -0.279. The molecule has 0 rings (SSSR count). The molecule has 0 aliphatic carbocycles. The smallest absolute Gasteiger partial charge is 0.0927 e. The van der Waals surface area contributed by atoms with Crippen LogP contribution in [0.5, 0.6) is 0 Å². The molecule has 2 nitrogen and oxygen atoms in total. The molecule has 0 fully saturated rings. The average molecular weight is 356 g/mol. The van der Waals surface area contributed by atoms with Gasteiger partial charge in [-0.05, 0) is 12.8 Å². The Kier molecular flexibility index (Phi) is 21.9. The summed E-state index contributed by atoms with van der Waals surface area (Å²) in [6.07, 6.45) is 26.8. The molecule has 1 radical (unpaired) electrons. The second-order valence-electron chi connectivity index (χ2n) is 7.82. The molecule has 151 valence electrons. The lowest BCUT2D eigenvalue weighted by atomic mass is 10.0. The largest absolute Gasteiger partial charge is 0.252 e. The van der Waals surface area contributed by atoms with Crippen molar-refractivity contribution in [3.05, 3.63) is 6.92 Å². The van der Waals surface area contributed by atoms with Gasteiger partial charge in [0.25, 0.3) is 0 Å². The third-order valence-corrected chi connectivity index (χ3v) is 5.35. The molecule has 0 aromatic heterocycles. The first kappa shape index (κ1) is 24.9. The Bertz CT molecular complexity index is 226. The monoisotopic (exact) mass is 355 g/mol. The van der Waals surface area contributed by atoms with Gasteiger partial charge < -0.3 is 0 Å². The van der Waals surface area contributed by atoms with E-state index in [2.05, 4.69) is 18.7 Å². The molecule has 0 bridgehead atoms.